The number of anilines is 1. The molecule has 0 fully saturated rings. The number of aromatic nitrogens is 1. The van der Waals surface area contributed by atoms with Crippen LogP contribution in [-0.4, -0.2) is 31.1 Å². The Morgan fingerprint density at radius 1 is 1.27 bits per heavy atom. The minimum absolute atomic E-state index is 0.0182. The third-order valence-corrected chi connectivity index (χ3v) is 4.23. The molecule has 0 saturated heterocycles. The number of nitriles is 1. The Labute approximate surface area is 127 Å². The van der Waals surface area contributed by atoms with Crippen molar-refractivity contribution in [2.45, 2.75) is 0 Å². The van der Waals surface area contributed by atoms with Crippen LogP contribution in [0.3, 0.4) is 0 Å². The molecular weight excluding hydrogens is 306 g/mol. The maximum Gasteiger partial charge on any atom is 0.360 e. The van der Waals surface area contributed by atoms with E-state index in [1.165, 1.54) is 6.20 Å². The van der Waals surface area contributed by atoms with Gasteiger partial charge in [0.1, 0.15) is 12.3 Å². The second-order valence-electron chi connectivity index (χ2n) is 4.62. The molecule has 0 saturated carbocycles. The molecule has 0 radical (unpaired) electrons. The number of fused-ring (bicyclic) bond motifs is 1. The van der Waals surface area contributed by atoms with Gasteiger partial charge < -0.3 is 4.74 Å². The van der Waals surface area contributed by atoms with Crippen molar-refractivity contribution in [1.29, 1.82) is 5.26 Å². The van der Waals surface area contributed by atoms with Crippen LogP contribution in [0.25, 0.3) is 11.1 Å². The van der Waals surface area contributed by atoms with Crippen molar-refractivity contribution in [3.8, 4) is 22.9 Å². The molecule has 1 aliphatic heterocycles. The number of nitrogens with zero attached hydrogens (tertiary/aromatic N) is 3. The van der Waals surface area contributed by atoms with Crippen LogP contribution in [0.2, 0.25) is 0 Å². The summed E-state index contributed by atoms with van der Waals surface area (Å²) in [6, 6.07) is 8.78. The maximum atomic E-state index is 11.4. The van der Waals surface area contributed by atoms with E-state index in [1.807, 2.05) is 6.07 Å². The first kappa shape index (κ1) is 14.3. The van der Waals surface area contributed by atoms with Gasteiger partial charge in [0.25, 0.3) is 0 Å². The molecule has 2 heterocycles. The topological polar surface area (TPSA) is 104 Å². The largest absolute Gasteiger partial charge is 0.489 e. The van der Waals surface area contributed by atoms with Crippen molar-refractivity contribution < 1.29 is 17.7 Å². The summed E-state index contributed by atoms with van der Waals surface area (Å²) in [6.07, 6.45) is 2.88. The molecule has 0 atom stereocenters. The third-order valence-electron chi connectivity index (χ3n) is 3.29. The first-order valence-corrected chi connectivity index (χ1v) is 7.77. The van der Waals surface area contributed by atoms with Crippen LogP contribution < -0.4 is 9.04 Å². The summed E-state index contributed by atoms with van der Waals surface area (Å²) < 4.78 is 38.6. The Morgan fingerprint density at radius 2 is 2.00 bits per heavy atom. The van der Waals surface area contributed by atoms with Crippen LogP contribution in [0.1, 0.15) is 5.56 Å². The highest BCUT2D eigenvalue weighted by Gasteiger charge is 2.29. The summed E-state index contributed by atoms with van der Waals surface area (Å²) in [4.78, 5) is 4.02. The van der Waals surface area contributed by atoms with E-state index in [9.17, 15) is 13.0 Å². The molecule has 7 nitrogen and oxygen atoms in total. The predicted molar refractivity (Wildman–Crippen MR) is 78.8 cm³/mol. The van der Waals surface area contributed by atoms with Gasteiger partial charge >= 0.3 is 10.3 Å². The van der Waals surface area contributed by atoms with Crippen LogP contribution >= 0.6 is 0 Å². The molecule has 1 aliphatic rings. The first-order valence-electron chi connectivity index (χ1n) is 6.37. The van der Waals surface area contributed by atoms with Gasteiger partial charge in [0.05, 0.1) is 24.4 Å². The second-order valence-corrected chi connectivity index (χ2v) is 5.96. The highest BCUT2D eigenvalue weighted by Crippen LogP contribution is 2.40. The van der Waals surface area contributed by atoms with Gasteiger partial charge in [0.2, 0.25) is 0 Å². The molecule has 1 N–H and O–H groups in total. The molecule has 2 aromatic rings. The molecule has 22 heavy (non-hydrogen) atoms. The zero-order valence-electron chi connectivity index (χ0n) is 11.3. The summed E-state index contributed by atoms with van der Waals surface area (Å²) in [5.74, 6) is 0.337. The quantitative estimate of drug-likeness (QED) is 0.844. The highest BCUT2D eigenvalue weighted by molar-refractivity contribution is 7.87. The van der Waals surface area contributed by atoms with Gasteiger partial charge in [-0.05, 0) is 17.7 Å². The van der Waals surface area contributed by atoms with E-state index in [2.05, 4.69) is 4.98 Å². The monoisotopic (exact) mass is 317 g/mol. The van der Waals surface area contributed by atoms with Gasteiger partial charge in [-0.2, -0.15) is 13.7 Å². The van der Waals surface area contributed by atoms with E-state index in [4.69, 9.17) is 10.00 Å². The van der Waals surface area contributed by atoms with Crippen molar-refractivity contribution in [3.63, 3.8) is 0 Å². The number of rotatable bonds is 2. The van der Waals surface area contributed by atoms with Crippen molar-refractivity contribution in [2.24, 2.45) is 0 Å². The fraction of sp³-hybridized carbons (Fsp3) is 0.143. The van der Waals surface area contributed by atoms with Gasteiger partial charge in [0.15, 0.2) is 5.75 Å². The summed E-state index contributed by atoms with van der Waals surface area (Å²) in [5, 5.41) is 8.83. The molecule has 0 amide bonds. The average molecular weight is 317 g/mol. The summed E-state index contributed by atoms with van der Waals surface area (Å²) in [5.41, 5.74) is 2.04. The Hall–Kier alpha value is -2.63. The number of ether oxygens (including phenoxy) is 1. The van der Waals surface area contributed by atoms with E-state index >= 15 is 0 Å². The van der Waals surface area contributed by atoms with Gasteiger partial charge in [-0.25, -0.2) is 4.31 Å². The maximum absolute atomic E-state index is 11.4. The molecule has 0 aliphatic carbocycles. The Kier molecular flexibility index (Phi) is 3.44. The van der Waals surface area contributed by atoms with Crippen molar-refractivity contribution in [3.05, 3.63) is 42.2 Å². The predicted octanol–water partition coefficient (Wildman–Crippen LogP) is 1.62. The molecule has 0 spiro atoms. The van der Waals surface area contributed by atoms with E-state index < -0.39 is 10.3 Å². The fourth-order valence-corrected chi connectivity index (χ4v) is 2.97. The Balaban J connectivity index is 2.13. The zero-order valence-corrected chi connectivity index (χ0v) is 12.1. The van der Waals surface area contributed by atoms with Gasteiger partial charge in [-0.1, -0.05) is 12.1 Å². The van der Waals surface area contributed by atoms with Gasteiger partial charge in [-0.15, -0.1) is 0 Å². The smallest absolute Gasteiger partial charge is 0.360 e. The summed E-state index contributed by atoms with van der Waals surface area (Å²) in [7, 11) is -4.38. The highest BCUT2D eigenvalue weighted by atomic mass is 32.2. The number of hydrogen-bond acceptors (Lipinski definition) is 5. The summed E-state index contributed by atoms with van der Waals surface area (Å²) >= 11 is 0. The lowest BCUT2D eigenvalue weighted by Gasteiger charge is -2.29. The number of pyridine rings is 1. The van der Waals surface area contributed by atoms with Crippen LogP contribution in [0.4, 0.5) is 5.69 Å². The summed E-state index contributed by atoms with van der Waals surface area (Å²) in [6.45, 7) is 0.143. The Morgan fingerprint density at radius 3 is 2.64 bits per heavy atom. The van der Waals surface area contributed by atoms with Crippen LogP contribution in [0, 0.1) is 11.3 Å². The molecule has 112 valence electrons. The molecule has 0 unspecified atom stereocenters. The minimum Gasteiger partial charge on any atom is -0.489 e. The van der Waals surface area contributed by atoms with E-state index in [-0.39, 0.29) is 18.8 Å². The van der Waals surface area contributed by atoms with E-state index in [0.717, 1.165) is 9.87 Å². The Bertz CT molecular complexity index is 857. The lowest BCUT2D eigenvalue weighted by atomic mass is 10.0. The third kappa shape index (κ3) is 2.47. The zero-order chi connectivity index (χ0) is 15.7. The molecule has 0 bridgehead atoms. The molecular formula is C14H11N3O4S. The number of hydrogen-bond donors (Lipinski definition) is 1. The molecule has 1 aromatic heterocycles. The van der Waals surface area contributed by atoms with Crippen LogP contribution in [0.15, 0.2) is 36.7 Å². The van der Waals surface area contributed by atoms with Crippen molar-refractivity contribution >= 4 is 16.0 Å². The first-order chi connectivity index (χ1) is 10.5. The van der Waals surface area contributed by atoms with Crippen molar-refractivity contribution in [1.82, 2.24) is 4.98 Å². The molecule has 3 rings (SSSR count). The fourth-order valence-electron chi connectivity index (χ4n) is 2.29. The standard InChI is InChI=1S/C14H11N3O4S/c15-7-10-1-3-11(4-2-10)12-8-16-9-13-14(12)21-6-5-17(13)22(18,19)20/h1-4,8-9H,5-6H2,(H,18,19,20). The van der Waals surface area contributed by atoms with Gasteiger partial charge in [-0.3, -0.25) is 9.54 Å². The van der Waals surface area contributed by atoms with E-state index in [1.54, 1.807) is 30.5 Å². The van der Waals surface area contributed by atoms with Crippen LogP contribution in [0.5, 0.6) is 5.75 Å². The lowest BCUT2D eigenvalue weighted by molar-refractivity contribution is 0.314. The van der Waals surface area contributed by atoms with Crippen molar-refractivity contribution in [2.75, 3.05) is 17.5 Å². The minimum atomic E-state index is -4.38. The normalized spacial score (nSPS) is 13.9. The van der Waals surface area contributed by atoms with E-state index in [0.29, 0.717) is 16.9 Å². The van der Waals surface area contributed by atoms with Crippen LogP contribution in [-0.2, 0) is 10.3 Å². The average Bonchev–Trinajstić information content (AvgIpc) is 2.53. The molecule has 1 aromatic carbocycles. The SMILES string of the molecule is N#Cc1ccc(-c2cncc3c2OCCN3S(=O)(=O)O)cc1. The lowest BCUT2D eigenvalue weighted by Crippen LogP contribution is -2.37. The van der Waals surface area contributed by atoms with Gasteiger partial charge in [0, 0.05) is 11.8 Å². The second kappa shape index (κ2) is 5.29. The number of benzene rings is 1. The molecule has 8 heteroatoms.